The van der Waals surface area contributed by atoms with Crippen molar-refractivity contribution in [1.29, 1.82) is 0 Å². The highest BCUT2D eigenvalue weighted by atomic mass is 32.1. The number of anilines is 1. The fourth-order valence-electron chi connectivity index (χ4n) is 2.38. The molecule has 2 heterocycles. The topological polar surface area (TPSA) is 76.0 Å². The van der Waals surface area contributed by atoms with Crippen molar-refractivity contribution in [1.82, 2.24) is 15.1 Å². The predicted octanol–water partition coefficient (Wildman–Crippen LogP) is 3.22. The molecular weight excluding hydrogens is 336 g/mol. The van der Waals surface area contributed by atoms with Gasteiger partial charge in [0.1, 0.15) is 5.82 Å². The van der Waals surface area contributed by atoms with Gasteiger partial charge in [0.2, 0.25) is 0 Å². The van der Waals surface area contributed by atoms with Crippen LogP contribution in [0.2, 0.25) is 0 Å². The minimum Gasteiger partial charge on any atom is -0.344 e. The molecule has 1 aromatic carbocycles. The molecule has 3 aromatic rings. The number of benzene rings is 1. The first-order valence-electron chi connectivity index (χ1n) is 7.79. The van der Waals surface area contributed by atoms with E-state index in [0.29, 0.717) is 10.7 Å². The second kappa shape index (κ2) is 7.31. The Kier molecular flexibility index (Phi) is 4.95. The summed E-state index contributed by atoms with van der Waals surface area (Å²) in [7, 11) is 1.68. The number of carbonyl (C=O) groups is 2. The second-order valence-electron chi connectivity index (χ2n) is 5.58. The number of aryl methyl sites for hydroxylation is 1. The summed E-state index contributed by atoms with van der Waals surface area (Å²) in [6, 6.07) is 14.7. The Balaban J connectivity index is 1.69. The average Bonchev–Trinajstić information content (AvgIpc) is 3.26. The van der Waals surface area contributed by atoms with Gasteiger partial charge in [-0.3, -0.25) is 14.3 Å². The van der Waals surface area contributed by atoms with Crippen molar-refractivity contribution >= 4 is 29.0 Å². The van der Waals surface area contributed by atoms with Crippen LogP contribution in [-0.4, -0.2) is 21.6 Å². The van der Waals surface area contributed by atoms with E-state index in [2.05, 4.69) is 15.7 Å². The smallest absolute Gasteiger partial charge is 0.272 e. The first-order valence-corrected chi connectivity index (χ1v) is 8.67. The highest BCUT2D eigenvalue weighted by molar-refractivity contribution is 7.12. The van der Waals surface area contributed by atoms with Crippen molar-refractivity contribution < 1.29 is 9.59 Å². The molecule has 2 amide bonds. The third kappa shape index (κ3) is 3.95. The maximum absolute atomic E-state index is 12.4. The maximum atomic E-state index is 12.4. The van der Waals surface area contributed by atoms with Crippen LogP contribution in [0.1, 0.15) is 38.7 Å². The lowest BCUT2D eigenvalue weighted by atomic mass is 10.1. The number of thiophene rings is 1. The van der Waals surface area contributed by atoms with Crippen LogP contribution < -0.4 is 10.6 Å². The van der Waals surface area contributed by atoms with E-state index >= 15 is 0 Å². The maximum Gasteiger partial charge on any atom is 0.272 e. The Morgan fingerprint density at radius 3 is 2.56 bits per heavy atom. The van der Waals surface area contributed by atoms with Gasteiger partial charge >= 0.3 is 0 Å². The summed E-state index contributed by atoms with van der Waals surface area (Å²) >= 11 is 1.35. The molecule has 0 aliphatic heterocycles. The molecule has 7 heteroatoms. The second-order valence-corrected chi connectivity index (χ2v) is 6.52. The van der Waals surface area contributed by atoms with Crippen molar-refractivity contribution in [2.75, 3.05) is 5.32 Å². The molecular formula is C18H18N4O2S. The Bertz CT molecular complexity index is 872. The average molecular weight is 354 g/mol. The summed E-state index contributed by atoms with van der Waals surface area (Å²) < 4.78 is 1.48. The molecule has 0 fully saturated rings. The van der Waals surface area contributed by atoms with Crippen molar-refractivity contribution in [3.63, 3.8) is 0 Å². The van der Waals surface area contributed by atoms with E-state index in [0.717, 1.165) is 5.56 Å². The molecule has 1 unspecified atom stereocenters. The third-order valence-electron chi connectivity index (χ3n) is 3.75. The number of carbonyl (C=O) groups excluding carboxylic acids is 2. The molecule has 0 radical (unpaired) electrons. The minimum atomic E-state index is -0.288. The number of hydrogen-bond acceptors (Lipinski definition) is 4. The first kappa shape index (κ1) is 16.9. The summed E-state index contributed by atoms with van der Waals surface area (Å²) in [5.41, 5.74) is 1.27. The molecule has 25 heavy (non-hydrogen) atoms. The van der Waals surface area contributed by atoms with Gasteiger partial charge in [-0.2, -0.15) is 5.10 Å². The van der Waals surface area contributed by atoms with E-state index in [1.165, 1.54) is 16.0 Å². The number of amides is 2. The number of hydrogen-bond donors (Lipinski definition) is 2. The molecule has 1 atom stereocenters. The zero-order valence-corrected chi connectivity index (χ0v) is 14.7. The summed E-state index contributed by atoms with van der Waals surface area (Å²) in [6.45, 7) is 1.91. The molecule has 2 N–H and O–H groups in total. The Labute approximate surface area is 149 Å². The predicted molar refractivity (Wildman–Crippen MR) is 97.8 cm³/mol. The number of nitrogens with zero attached hydrogens (tertiary/aromatic N) is 2. The Morgan fingerprint density at radius 1 is 1.12 bits per heavy atom. The zero-order valence-electron chi connectivity index (χ0n) is 13.9. The summed E-state index contributed by atoms with van der Waals surface area (Å²) in [4.78, 5) is 25.1. The Hall–Kier alpha value is -2.93. The number of rotatable bonds is 5. The third-order valence-corrected chi connectivity index (χ3v) is 4.61. The van der Waals surface area contributed by atoms with Crippen molar-refractivity contribution in [3.05, 3.63) is 70.0 Å². The van der Waals surface area contributed by atoms with Gasteiger partial charge in [-0.05, 0) is 23.9 Å². The lowest BCUT2D eigenvalue weighted by Gasteiger charge is -2.12. The zero-order chi connectivity index (χ0) is 17.8. The lowest BCUT2D eigenvalue weighted by Crippen LogP contribution is -2.27. The molecule has 0 aliphatic carbocycles. The first-order chi connectivity index (χ1) is 12.0. The highest BCUT2D eigenvalue weighted by Crippen LogP contribution is 2.16. The van der Waals surface area contributed by atoms with Crippen LogP contribution in [0, 0.1) is 0 Å². The molecule has 6 nitrogen and oxygen atoms in total. The fraction of sp³-hybridized carbons (Fsp3) is 0.167. The fourth-order valence-corrected chi connectivity index (χ4v) is 3.00. The van der Waals surface area contributed by atoms with E-state index in [4.69, 9.17) is 0 Å². The molecule has 0 aliphatic rings. The van der Waals surface area contributed by atoms with E-state index in [1.54, 1.807) is 19.2 Å². The molecule has 0 spiro atoms. The van der Waals surface area contributed by atoms with Crippen LogP contribution in [0.3, 0.4) is 0 Å². The van der Waals surface area contributed by atoms with Gasteiger partial charge in [-0.25, -0.2) is 0 Å². The highest BCUT2D eigenvalue weighted by Gasteiger charge is 2.17. The Morgan fingerprint density at radius 2 is 1.88 bits per heavy atom. The SMILES string of the molecule is CC(NC(=O)c1cc(NC(=O)c2cccs2)n(C)n1)c1ccccc1. The van der Waals surface area contributed by atoms with Gasteiger partial charge in [-0.15, -0.1) is 11.3 Å². The molecule has 0 saturated heterocycles. The van der Waals surface area contributed by atoms with Crippen LogP contribution in [0.25, 0.3) is 0 Å². The summed E-state index contributed by atoms with van der Waals surface area (Å²) in [5.74, 6) is -0.0397. The monoisotopic (exact) mass is 354 g/mol. The normalized spacial score (nSPS) is 11.8. The van der Waals surface area contributed by atoms with Gasteiger partial charge in [0, 0.05) is 13.1 Å². The van der Waals surface area contributed by atoms with Crippen LogP contribution in [0.5, 0.6) is 0 Å². The summed E-state index contributed by atoms with van der Waals surface area (Å²) in [6.07, 6.45) is 0. The van der Waals surface area contributed by atoms with Crippen LogP contribution in [0.4, 0.5) is 5.82 Å². The van der Waals surface area contributed by atoms with Gasteiger partial charge in [0.05, 0.1) is 10.9 Å². The molecule has 0 bridgehead atoms. The van der Waals surface area contributed by atoms with E-state index in [-0.39, 0.29) is 23.6 Å². The van der Waals surface area contributed by atoms with E-state index in [1.807, 2.05) is 48.7 Å². The van der Waals surface area contributed by atoms with Gasteiger partial charge in [0.25, 0.3) is 11.8 Å². The number of nitrogens with one attached hydrogen (secondary N) is 2. The largest absolute Gasteiger partial charge is 0.344 e. The number of aromatic nitrogens is 2. The summed E-state index contributed by atoms with van der Waals surface area (Å²) in [5, 5.41) is 11.7. The molecule has 2 aromatic heterocycles. The quantitative estimate of drug-likeness (QED) is 0.739. The van der Waals surface area contributed by atoms with E-state index < -0.39 is 0 Å². The minimum absolute atomic E-state index is 0.139. The van der Waals surface area contributed by atoms with Crippen molar-refractivity contribution in [3.8, 4) is 0 Å². The van der Waals surface area contributed by atoms with Gasteiger partial charge in [0.15, 0.2) is 5.69 Å². The molecule has 0 saturated carbocycles. The van der Waals surface area contributed by atoms with E-state index in [9.17, 15) is 9.59 Å². The van der Waals surface area contributed by atoms with Crippen molar-refractivity contribution in [2.24, 2.45) is 7.05 Å². The van der Waals surface area contributed by atoms with Gasteiger partial charge < -0.3 is 10.6 Å². The van der Waals surface area contributed by atoms with Crippen LogP contribution in [0.15, 0.2) is 53.9 Å². The van der Waals surface area contributed by atoms with Crippen molar-refractivity contribution in [2.45, 2.75) is 13.0 Å². The van der Waals surface area contributed by atoms with Crippen LogP contribution in [-0.2, 0) is 7.05 Å². The standard InChI is InChI=1S/C18H18N4O2S/c1-12(13-7-4-3-5-8-13)19-17(23)14-11-16(22(2)21-14)20-18(24)15-9-6-10-25-15/h3-12H,1-2H3,(H,19,23)(H,20,24). The molecule has 3 rings (SSSR count). The van der Waals surface area contributed by atoms with Crippen LogP contribution >= 0.6 is 11.3 Å². The van der Waals surface area contributed by atoms with Gasteiger partial charge in [-0.1, -0.05) is 36.4 Å². The lowest BCUT2D eigenvalue weighted by molar-refractivity contribution is 0.0933. The molecule has 128 valence electrons.